The van der Waals surface area contributed by atoms with E-state index in [9.17, 15) is 0 Å². The van der Waals surface area contributed by atoms with Gasteiger partial charge < -0.3 is 10.1 Å². The van der Waals surface area contributed by atoms with Crippen molar-refractivity contribution in [3.05, 3.63) is 0 Å². The molecule has 2 nitrogen and oxygen atoms in total. The van der Waals surface area contributed by atoms with Gasteiger partial charge in [-0.2, -0.15) is 0 Å². The van der Waals surface area contributed by atoms with Gasteiger partial charge in [-0.25, -0.2) is 0 Å². The standard InChI is InChI=1S/C13H27NO/c1-3-4-5-11-15-12(2)7-6-10-14-13-8-9-13/h12-14H,3-11H2,1-2H3. The van der Waals surface area contributed by atoms with Gasteiger partial charge in [0.2, 0.25) is 0 Å². The van der Waals surface area contributed by atoms with E-state index in [0.717, 1.165) is 12.6 Å². The predicted octanol–water partition coefficient (Wildman–Crippen LogP) is 3.11. The van der Waals surface area contributed by atoms with Crippen molar-refractivity contribution in [2.24, 2.45) is 0 Å². The van der Waals surface area contributed by atoms with Crippen LogP contribution in [-0.2, 0) is 4.74 Å². The topological polar surface area (TPSA) is 21.3 Å². The molecule has 0 saturated heterocycles. The maximum Gasteiger partial charge on any atom is 0.0547 e. The summed E-state index contributed by atoms with van der Waals surface area (Å²) < 4.78 is 5.74. The number of unbranched alkanes of at least 4 members (excludes halogenated alkanes) is 2. The Morgan fingerprint density at radius 1 is 1.27 bits per heavy atom. The highest BCUT2D eigenvalue weighted by Gasteiger charge is 2.19. The van der Waals surface area contributed by atoms with E-state index >= 15 is 0 Å². The third-order valence-electron chi connectivity index (χ3n) is 2.95. The van der Waals surface area contributed by atoms with Crippen LogP contribution in [0.15, 0.2) is 0 Å². The third-order valence-corrected chi connectivity index (χ3v) is 2.95. The molecule has 2 heteroatoms. The fourth-order valence-electron chi connectivity index (χ4n) is 1.70. The lowest BCUT2D eigenvalue weighted by Gasteiger charge is -2.12. The minimum Gasteiger partial charge on any atom is -0.379 e. The molecule has 0 heterocycles. The van der Waals surface area contributed by atoms with E-state index in [1.54, 1.807) is 0 Å². The second kappa shape index (κ2) is 8.12. The Labute approximate surface area is 94.8 Å². The third kappa shape index (κ3) is 7.80. The lowest BCUT2D eigenvalue weighted by Crippen LogP contribution is -2.19. The van der Waals surface area contributed by atoms with E-state index in [4.69, 9.17) is 4.74 Å². The van der Waals surface area contributed by atoms with Crippen molar-refractivity contribution in [1.29, 1.82) is 0 Å². The zero-order chi connectivity index (χ0) is 10.9. The Kier molecular flexibility index (Phi) is 7.03. The summed E-state index contributed by atoms with van der Waals surface area (Å²) >= 11 is 0. The minimum absolute atomic E-state index is 0.447. The summed E-state index contributed by atoms with van der Waals surface area (Å²) in [5.74, 6) is 0. The molecule has 0 aliphatic heterocycles. The molecule has 0 aromatic carbocycles. The van der Waals surface area contributed by atoms with Crippen LogP contribution in [-0.4, -0.2) is 25.3 Å². The fourth-order valence-corrected chi connectivity index (χ4v) is 1.70. The fraction of sp³-hybridized carbons (Fsp3) is 1.00. The molecule has 1 atom stereocenters. The van der Waals surface area contributed by atoms with Crippen LogP contribution in [0.1, 0.15) is 58.8 Å². The van der Waals surface area contributed by atoms with E-state index in [1.165, 1.54) is 51.5 Å². The molecule has 0 radical (unpaired) electrons. The Hall–Kier alpha value is -0.0800. The molecule has 1 unspecified atom stereocenters. The average molecular weight is 213 g/mol. The van der Waals surface area contributed by atoms with Gasteiger partial charge >= 0.3 is 0 Å². The number of ether oxygens (including phenoxy) is 1. The van der Waals surface area contributed by atoms with Crippen molar-refractivity contribution in [1.82, 2.24) is 5.32 Å². The maximum atomic E-state index is 5.74. The summed E-state index contributed by atoms with van der Waals surface area (Å²) in [5.41, 5.74) is 0. The summed E-state index contributed by atoms with van der Waals surface area (Å²) in [6, 6.07) is 0.853. The first-order valence-electron chi connectivity index (χ1n) is 6.68. The van der Waals surface area contributed by atoms with Gasteiger partial charge in [-0.05, 0) is 45.6 Å². The van der Waals surface area contributed by atoms with E-state index < -0.39 is 0 Å². The van der Waals surface area contributed by atoms with E-state index in [0.29, 0.717) is 6.10 Å². The summed E-state index contributed by atoms with van der Waals surface area (Å²) in [6.45, 7) is 6.55. The van der Waals surface area contributed by atoms with Crippen molar-refractivity contribution >= 4 is 0 Å². The van der Waals surface area contributed by atoms with Gasteiger partial charge in [-0.3, -0.25) is 0 Å². The highest BCUT2D eigenvalue weighted by molar-refractivity contribution is 4.80. The van der Waals surface area contributed by atoms with Crippen molar-refractivity contribution in [3.8, 4) is 0 Å². The molecule has 0 spiro atoms. The first-order chi connectivity index (χ1) is 7.33. The largest absolute Gasteiger partial charge is 0.379 e. The van der Waals surface area contributed by atoms with Crippen LogP contribution < -0.4 is 5.32 Å². The molecule has 1 fully saturated rings. The Morgan fingerprint density at radius 2 is 2.07 bits per heavy atom. The van der Waals surface area contributed by atoms with Crippen LogP contribution in [0.4, 0.5) is 0 Å². The molecule has 0 aromatic rings. The molecule has 1 aliphatic carbocycles. The van der Waals surface area contributed by atoms with Crippen LogP contribution in [0.2, 0.25) is 0 Å². The van der Waals surface area contributed by atoms with Gasteiger partial charge in [0.1, 0.15) is 0 Å². The molecule has 1 rings (SSSR count). The molecule has 1 N–H and O–H groups in total. The molecule has 0 bridgehead atoms. The first-order valence-corrected chi connectivity index (χ1v) is 6.68. The van der Waals surface area contributed by atoms with Crippen molar-refractivity contribution in [3.63, 3.8) is 0 Å². The SMILES string of the molecule is CCCCCOC(C)CCCNC1CC1. The van der Waals surface area contributed by atoms with Crippen LogP contribution in [0.3, 0.4) is 0 Å². The monoisotopic (exact) mass is 213 g/mol. The van der Waals surface area contributed by atoms with Gasteiger partial charge in [-0.15, -0.1) is 0 Å². The predicted molar refractivity (Wildman–Crippen MR) is 65.2 cm³/mol. The van der Waals surface area contributed by atoms with Crippen LogP contribution in [0.25, 0.3) is 0 Å². The maximum absolute atomic E-state index is 5.74. The summed E-state index contributed by atoms with van der Waals surface area (Å²) in [5, 5.41) is 3.53. The smallest absolute Gasteiger partial charge is 0.0547 e. The lowest BCUT2D eigenvalue weighted by molar-refractivity contribution is 0.0564. The highest BCUT2D eigenvalue weighted by atomic mass is 16.5. The first kappa shape index (κ1) is 13.0. The van der Waals surface area contributed by atoms with E-state index in [1.807, 2.05) is 0 Å². The van der Waals surface area contributed by atoms with Gasteiger partial charge in [0, 0.05) is 12.6 Å². The number of hydrogen-bond donors (Lipinski definition) is 1. The van der Waals surface area contributed by atoms with Gasteiger partial charge in [0.25, 0.3) is 0 Å². The summed E-state index contributed by atoms with van der Waals surface area (Å²) in [6.07, 6.45) is 9.49. The molecule has 1 aliphatic rings. The van der Waals surface area contributed by atoms with Crippen molar-refractivity contribution in [2.45, 2.75) is 70.9 Å². The molecule has 0 aromatic heterocycles. The van der Waals surface area contributed by atoms with Gasteiger partial charge in [0.15, 0.2) is 0 Å². The van der Waals surface area contributed by atoms with E-state index in [2.05, 4.69) is 19.2 Å². The van der Waals surface area contributed by atoms with Crippen LogP contribution in [0.5, 0.6) is 0 Å². The Bertz CT molecular complexity index is 145. The van der Waals surface area contributed by atoms with Crippen molar-refractivity contribution < 1.29 is 4.74 Å². The second-order valence-electron chi connectivity index (χ2n) is 4.76. The van der Waals surface area contributed by atoms with Crippen LogP contribution in [0, 0.1) is 0 Å². The minimum atomic E-state index is 0.447. The normalized spacial score (nSPS) is 18.0. The highest BCUT2D eigenvalue weighted by Crippen LogP contribution is 2.18. The zero-order valence-corrected chi connectivity index (χ0v) is 10.4. The van der Waals surface area contributed by atoms with E-state index in [-0.39, 0.29) is 0 Å². The Morgan fingerprint density at radius 3 is 2.73 bits per heavy atom. The molecule has 90 valence electrons. The number of rotatable bonds is 10. The molecular formula is C13H27NO. The Balaban J connectivity index is 1.77. The second-order valence-corrected chi connectivity index (χ2v) is 4.76. The quantitative estimate of drug-likeness (QED) is 0.563. The number of nitrogens with one attached hydrogen (secondary N) is 1. The summed E-state index contributed by atoms with van der Waals surface area (Å²) in [4.78, 5) is 0. The molecular weight excluding hydrogens is 186 g/mol. The molecule has 0 amide bonds. The number of hydrogen-bond acceptors (Lipinski definition) is 2. The average Bonchev–Trinajstić information content (AvgIpc) is 3.03. The molecule has 15 heavy (non-hydrogen) atoms. The van der Waals surface area contributed by atoms with Gasteiger partial charge in [-0.1, -0.05) is 19.8 Å². The van der Waals surface area contributed by atoms with Crippen molar-refractivity contribution in [2.75, 3.05) is 13.2 Å². The zero-order valence-electron chi connectivity index (χ0n) is 10.4. The summed E-state index contributed by atoms with van der Waals surface area (Å²) in [7, 11) is 0. The van der Waals surface area contributed by atoms with Gasteiger partial charge in [0.05, 0.1) is 6.10 Å². The van der Waals surface area contributed by atoms with Crippen LogP contribution >= 0.6 is 0 Å². The molecule has 1 saturated carbocycles. The lowest BCUT2D eigenvalue weighted by atomic mass is 10.2.